The molecule has 1 atom stereocenters. The third-order valence-corrected chi connectivity index (χ3v) is 3.64. The Balaban J connectivity index is 2.02. The van der Waals surface area contributed by atoms with Gasteiger partial charge in [-0.2, -0.15) is 0 Å². The lowest BCUT2D eigenvalue weighted by Gasteiger charge is -2.14. The molecule has 0 saturated heterocycles. The van der Waals surface area contributed by atoms with Gasteiger partial charge in [-0.3, -0.25) is 4.79 Å². The van der Waals surface area contributed by atoms with E-state index in [4.69, 9.17) is 9.47 Å². The summed E-state index contributed by atoms with van der Waals surface area (Å²) in [6, 6.07) is 15.4. The zero-order chi connectivity index (χ0) is 18.2. The molecule has 1 N–H and O–H groups in total. The Bertz CT molecular complexity index is 723. The molecule has 2 aromatic carbocycles. The van der Waals surface area contributed by atoms with Crippen LogP contribution in [0.1, 0.15) is 37.9 Å². The Morgan fingerprint density at radius 2 is 1.76 bits per heavy atom. The molecule has 0 saturated carbocycles. The van der Waals surface area contributed by atoms with E-state index in [1.807, 2.05) is 69.3 Å². The van der Waals surface area contributed by atoms with Gasteiger partial charge >= 0.3 is 0 Å². The van der Waals surface area contributed by atoms with Crippen LogP contribution in [0.5, 0.6) is 11.5 Å². The molecule has 132 valence electrons. The van der Waals surface area contributed by atoms with Crippen LogP contribution in [0.25, 0.3) is 6.08 Å². The van der Waals surface area contributed by atoms with E-state index >= 15 is 0 Å². The van der Waals surface area contributed by atoms with Crippen molar-refractivity contribution in [2.45, 2.75) is 32.9 Å². The first-order valence-electron chi connectivity index (χ1n) is 8.38. The van der Waals surface area contributed by atoms with Gasteiger partial charge in [-0.05, 0) is 50.1 Å². The van der Waals surface area contributed by atoms with Gasteiger partial charge in [-0.15, -0.1) is 0 Å². The molecule has 2 rings (SSSR count). The molecule has 0 aliphatic carbocycles. The largest absolute Gasteiger partial charge is 0.493 e. The lowest BCUT2D eigenvalue weighted by atomic mass is 10.1. The lowest BCUT2D eigenvalue weighted by Crippen LogP contribution is -2.24. The number of hydrogen-bond acceptors (Lipinski definition) is 3. The molecule has 0 aliphatic heterocycles. The maximum Gasteiger partial charge on any atom is 0.244 e. The average molecular weight is 339 g/mol. The number of nitrogens with one attached hydrogen (secondary N) is 1. The number of hydrogen-bond donors (Lipinski definition) is 1. The van der Waals surface area contributed by atoms with Gasteiger partial charge in [0, 0.05) is 6.08 Å². The summed E-state index contributed by atoms with van der Waals surface area (Å²) in [4.78, 5) is 12.1. The van der Waals surface area contributed by atoms with Crippen molar-refractivity contribution >= 4 is 12.0 Å². The van der Waals surface area contributed by atoms with Gasteiger partial charge in [0.25, 0.3) is 0 Å². The Kier molecular flexibility index (Phi) is 6.63. The fraction of sp³-hybridized carbons (Fsp3) is 0.286. The van der Waals surface area contributed by atoms with E-state index in [0.717, 1.165) is 11.1 Å². The monoisotopic (exact) mass is 339 g/mol. The van der Waals surface area contributed by atoms with Crippen molar-refractivity contribution in [1.82, 2.24) is 5.32 Å². The van der Waals surface area contributed by atoms with E-state index in [0.29, 0.717) is 11.5 Å². The van der Waals surface area contributed by atoms with Crippen molar-refractivity contribution in [3.05, 3.63) is 65.7 Å². The fourth-order valence-electron chi connectivity index (χ4n) is 2.40. The highest BCUT2D eigenvalue weighted by atomic mass is 16.5. The van der Waals surface area contributed by atoms with E-state index in [9.17, 15) is 4.79 Å². The first kappa shape index (κ1) is 18.6. The van der Waals surface area contributed by atoms with E-state index in [1.54, 1.807) is 13.2 Å². The summed E-state index contributed by atoms with van der Waals surface area (Å²) in [5.74, 6) is 1.20. The van der Waals surface area contributed by atoms with Crippen molar-refractivity contribution in [1.29, 1.82) is 0 Å². The molecule has 0 fully saturated rings. The van der Waals surface area contributed by atoms with Crippen LogP contribution in [-0.2, 0) is 4.79 Å². The van der Waals surface area contributed by atoms with Crippen LogP contribution < -0.4 is 14.8 Å². The van der Waals surface area contributed by atoms with Gasteiger partial charge in [-0.25, -0.2) is 0 Å². The SMILES string of the molecule is COc1cc(/C=C/C(=O)NC(C)c2ccccc2)ccc1OC(C)C. The Labute approximate surface area is 149 Å². The van der Waals surface area contributed by atoms with Crippen molar-refractivity contribution in [2.75, 3.05) is 7.11 Å². The van der Waals surface area contributed by atoms with E-state index < -0.39 is 0 Å². The predicted octanol–water partition coefficient (Wildman–Crippen LogP) is 4.37. The number of carbonyl (C=O) groups is 1. The fourth-order valence-corrected chi connectivity index (χ4v) is 2.40. The van der Waals surface area contributed by atoms with Crippen molar-refractivity contribution in [3.8, 4) is 11.5 Å². The zero-order valence-electron chi connectivity index (χ0n) is 15.2. The lowest BCUT2D eigenvalue weighted by molar-refractivity contribution is -0.117. The maximum absolute atomic E-state index is 12.1. The number of benzene rings is 2. The summed E-state index contributed by atoms with van der Waals surface area (Å²) in [6.45, 7) is 5.89. The van der Waals surface area contributed by atoms with Gasteiger partial charge < -0.3 is 14.8 Å². The molecule has 0 radical (unpaired) electrons. The van der Waals surface area contributed by atoms with Gasteiger partial charge in [0.05, 0.1) is 19.3 Å². The Hall–Kier alpha value is -2.75. The zero-order valence-corrected chi connectivity index (χ0v) is 15.2. The second kappa shape index (κ2) is 8.92. The standard InChI is InChI=1S/C21H25NO3/c1-15(2)25-19-12-10-17(14-20(19)24-4)11-13-21(23)22-16(3)18-8-6-5-7-9-18/h5-16H,1-4H3,(H,22,23)/b13-11+. The van der Waals surface area contributed by atoms with Crippen molar-refractivity contribution < 1.29 is 14.3 Å². The maximum atomic E-state index is 12.1. The third-order valence-electron chi connectivity index (χ3n) is 3.64. The van der Waals surface area contributed by atoms with E-state index in [1.165, 1.54) is 6.08 Å². The molecule has 1 unspecified atom stereocenters. The van der Waals surface area contributed by atoms with Gasteiger partial charge in [-0.1, -0.05) is 36.4 Å². The third kappa shape index (κ3) is 5.68. The number of methoxy groups -OCH3 is 1. The molecule has 1 amide bonds. The second-order valence-corrected chi connectivity index (χ2v) is 6.05. The summed E-state index contributed by atoms with van der Waals surface area (Å²) < 4.78 is 11.0. The summed E-state index contributed by atoms with van der Waals surface area (Å²) in [5.41, 5.74) is 1.94. The molecule has 0 bridgehead atoms. The number of rotatable bonds is 7. The molecule has 4 heteroatoms. The molecule has 4 nitrogen and oxygen atoms in total. The van der Waals surface area contributed by atoms with Crippen LogP contribution in [0.4, 0.5) is 0 Å². The first-order valence-corrected chi connectivity index (χ1v) is 8.38. The van der Waals surface area contributed by atoms with E-state index in [2.05, 4.69) is 5.32 Å². The summed E-state index contributed by atoms with van der Waals surface area (Å²) in [7, 11) is 1.60. The minimum absolute atomic E-state index is 0.0466. The van der Waals surface area contributed by atoms with Crippen molar-refractivity contribution in [2.24, 2.45) is 0 Å². The van der Waals surface area contributed by atoms with Crippen LogP contribution >= 0.6 is 0 Å². The highest BCUT2D eigenvalue weighted by molar-refractivity contribution is 5.92. The normalized spacial score (nSPS) is 12.2. The highest BCUT2D eigenvalue weighted by Gasteiger charge is 2.08. The molecule has 0 aromatic heterocycles. The van der Waals surface area contributed by atoms with Crippen molar-refractivity contribution in [3.63, 3.8) is 0 Å². The van der Waals surface area contributed by atoms with E-state index in [-0.39, 0.29) is 18.1 Å². The Morgan fingerprint density at radius 1 is 1.04 bits per heavy atom. The molecule has 25 heavy (non-hydrogen) atoms. The van der Waals surface area contributed by atoms with Crippen LogP contribution in [-0.4, -0.2) is 19.1 Å². The Morgan fingerprint density at radius 3 is 2.40 bits per heavy atom. The smallest absolute Gasteiger partial charge is 0.244 e. The molecule has 0 heterocycles. The van der Waals surface area contributed by atoms with Crippen LogP contribution in [0.15, 0.2) is 54.6 Å². The number of amides is 1. The molecule has 0 spiro atoms. The number of carbonyl (C=O) groups excluding carboxylic acids is 1. The minimum Gasteiger partial charge on any atom is -0.493 e. The molecule has 2 aromatic rings. The summed E-state index contributed by atoms with van der Waals surface area (Å²) >= 11 is 0. The summed E-state index contributed by atoms with van der Waals surface area (Å²) in [6.07, 6.45) is 3.35. The summed E-state index contributed by atoms with van der Waals surface area (Å²) in [5, 5.41) is 2.95. The second-order valence-electron chi connectivity index (χ2n) is 6.05. The quantitative estimate of drug-likeness (QED) is 0.762. The average Bonchev–Trinajstić information content (AvgIpc) is 2.61. The van der Waals surface area contributed by atoms with Gasteiger partial charge in [0.1, 0.15) is 0 Å². The van der Waals surface area contributed by atoms with Gasteiger partial charge in [0.2, 0.25) is 5.91 Å². The van der Waals surface area contributed by atoms with Gasteiger partial charge in [0.15, 0.2) is 11.5 Å². The molecular formula is C21H25NO3. The molecule has 0 aliphatic rings. The molecular weight excluding hydrogens is 314 g/mol. The number of ether oxygens (including phenoxy) is 2. The minimum atomic E-state index is -0.141. The van der Waals surface area contributed by atoms with Crippen LogP contribution in [0, 0.1) is 0 Å². The van der Waals surface area contributed by atoms with Crippen LogP contribution in [0.2, 0.25) is 0 Å². The topological polar surface area (TPSA) is 47.6 Å². The first-order chi connectivity index (χ1) is 12.0. The van der Waals surface area contributed by atoms with Crippen LogP contribution in [0.3, 0.4) is 0 Å². The highest BCUT2D eigenvalue weighted by Crippen LogP contribution is 2.29. The predicted molar refractivity (Wildman–Crippen MR) is 101 cm³/mol.